The van der Waals surface area contributed by atoms with Crippen molar-refractivity contribution in [3.05, 3.63) is 60.8 Å². The molecule has 5 atom stereocenters. The lowest BCUT2D eigenvalue weighted by molar-refractivity contribution is -0.137. The molecule has 300 valence electrons. The third-order valence-corrected chi connectivity index (χ3v) is 10.4. The third-order valence-electron chi connectivity index (χ3n) is 9.00. The van der Waals surface area contributed by atoms with Crippen molar-refractivity contribution < 1.29 is 30.0 Å². The van der Waals surface area contributed by atoms with Crippen molar-refractivity contribution in [2.45, 2.75) is 185 Å². The molecule has 0 unspecified atom stereocenters. The summed E-state index contributed by atoms with van der Waals surface area (Å²) in [7, 11) is 0. The summed E-state index contributed by atoms with van der Waals surface area (Å²) in [5.74, 6) is -1.22. The standard InChI is InChI=1S/C43H76N2O6S/c1-3-5-7-9-11-13-15-17-18-19-20-22-24-26-28-31-39(47)38(35-46)45-43(51)37(44)36-52-41(40(48)32-30-34-42(49)50)33-29-27-25-23-21-16-14-12-10-8-6-4-2/h12,14,21,23,25,27-29,31,33,37-41,46-48H,3-11,13,15-20,22,24,26,30,32,34-36,44H2,1-2H3,(H,45,51)(H,49,50)/b14-12-,23-21-,27-25+,31-28+,33-29+/t37-,38-,39+,40-,41+/m0/s1. The highest BCUT2D eigenvalue weighted by molar-refractivity contribution is 8.00. The zero-order valence-corrected chi connectivity index (χ0v) is 33.5. The molecule has 9 heteroatoms. The average molecular weight is 749 g/mol. The Hall–Kier alpha value is -2.17. The largest absolute Gasteiger partial charge is 0.481 e. The Balaban J connectivity index is 4.64. The molecule has 1 amide bonds. The molecule has 0 aliphatic rings. The van der Waals surface area contributed by atoms with Gasteiger partial charge < -0.3 is 31.5 Å². The lowest BCUT2D eigenvalue weighted by Gasteiger charge is -2.24. The number of aliphatic hydroxyl groups excluding tert-OH is 3. The van der Waals surface area contributed by atoms with Gasteiger partial charge in [-0.25, -0.2) is 0 Å². The van der Waals surface area contributed by atoms with Gasteiger partial charge in [-0.3, -0.25) is 9.59 Å². The maximum Gasteiger partial charge on any atom is 0.303 e. The first-order valence-electron chi connectivity index (χ1n) is 20.4. The fourth-order valence-corrected chi connectivity index (χ4v) is 6.80. The number of nitrogens with one attached hydrogen (secondary N) is 1. The van der Waals surface area contributed by atoms with Crippen molar-refractivity contribution in [1.29, 1.82) is 0 Å². The van der Waals surface area contributed by atoms with E-state index in [1.807, 2.05) is 36.5 Å². The van der Waals surface area contributed by atoms with Crippen LogP contribution in [-0.2, 0) is 9.59 Å². The predicted octanol–water partition coefficient (Wildman–Crippen LogP) is 9.10. The van der Waals surface area contributed by atoms with Gasteiger partial charge in [0.15, 0.2) is 0 Å². The molecule has 0 radical (unpaired) electrons. The number of nitrogens with two attached hydrogens (primary N) is 1. The van der Waals surface area contributed by atoms with Crippen molar-refractivity contribution in [3.8, 4) is 0 Å². The number of hydrogen-bond acceptors (Lipinski definition) is 7. The van der Waals surface area contributed by atoms with Gasteiger partial charge >= 0.3 is 5.97 Å². The van der Waals surface area contributed by atoms with Gasteiger partial charge in [0, 0.05) is 17.4 Å². The van der Waals surface area contributed by atoms with E-state index in [-0.39, 0.29) is 12.2 Å². The summed E-state index contributed by atoms with van der Waals surface area (Å²) in [5, 5.41) is 42.5. The summed E-state index contributed by atoms with van der Waals surface area (Å²) in [6.45, 7) is 4.02. The number of rotatable bonds is 36. The molecular weight excluding hydrogens is 673 g/mol. The number of carboxylic acids is 1. The molecule has 0 aromatic rings. The highest BCUT2D eigenvalue weighted by Gasteiger charge is 2.24. The molecule has 0 saturated carbocycles. The maximum atomic E-state index is 12.9. The van der Waals surface area contributed by atoms with Crippen LogP contribution in [0.3, 0.4) is 0 Å². The average Bonchev–Trinajstić information content (AvgIpc) is 3.13. The maximum absolute atomic E-state index is 12.9. The smallest absolute Gasteiger partial charge is 0.303 e. The van der Waals surface area contributed by atoms with Gasteiger partial charge in [-0.2, -0.15) is 0 Å². The third kappa shape index (κ3) is 31.4. The summed E-state index contributed by atoms with van der Waals surface area (Å²) in [5.41, 5.74) is 6.19. The van der Waals surface area contributed by atoms with Crippen molar-refractivity contribution in [1.82, 2.24) is 5.32 Å². The first-order valence-corrected chi connectivity index (χ1v) is 21.5. The molecule has 0 saturated heterocycles. The minimum absolute atomic E-state index is 0.0312. The zero-order chi connectivity index (χ0) is 38.5. The van der Waals surface area contributed by atoms with Crippen molar-refractivity contribution in [2.24, 2.45) is 5.73 Å². The molecule has 0 spiro atoms. The molecule has 0 heterocycles. The minimum atomic E-state index is -1.04. The van der Waals surface area contributed by atoms with Gasteiger partial charge in [0.1, 0.15) is 0 Å². The molecule has 8 nitrogen and oxygen atoms in total. The van der Waals surface area contributed by atoms with E-state index < -0.39 is 48.0 Å². The number of amides is 1. The number of unbranched alkanes of at least 4 members (excludes halogenated alkanes) is 16. The van der Waals surface area contributed by atoms with Crippen LogP contribution in [0.15, 0.2) is 60.8 Å². The van der Waals surface area contributed by atoms with Crippen molar-refractivity contribution in [2.75, 3.05) is 12.4 Å². The van der Waals surface area contributed by atoms with Crippen LogP contribution in [0, 0.1) is 0 Å². The Morgan fingerprint density at radius 2 is 1.25 bits per heavy atom. The monoisotopic (exact) mass is 749 g/mol. The molecule has 0 aliphatic heterocycles. The van der Waals surface area contributed by atoms with E-state index >= 15 is 0 Å². The van der Waals surface area contributed by atoms with Gasteiger partial charge in [0.2, 0.25) is 5.91 Å². The van der Waals surface area contributed by atoms with Crippen LogP contribution in [-0.4, -0.2) is 74.2 Å². The second-order valence-electron chi connectivity index (χ2n) is 13.9. The van der Waals surface area contributed by atoms with Crippen LogP contribution in [0.25, 0.3) is 0 Å². The first kappa shape index (κ1) is 49.8. The van der Waals surface area contributed by atoms with Crippen LogP contribution in [0.2, 0.25) is 0 Å². The van der Waals surface area contributed by atoms with E-state index in [0.717, 1.165) is 32.1 Å². The van der Waals surface area contributed by atoms with E-state index in [2.05, 4.69) is 37.4 Å². The quantitative estimate of drug-likeness (QED) is 0.0211. The molecule has 7 N–H and O–H groups in total. The van der Waals surface area contributed by atoms with Crippen LogP contribution in [0.5, 0.6) is 0 Å². The number of carbonyl (C=O) groups excluding carboxylic acids is 1. The predicted molar refractivity (Wildman–Crippen MR) is 222 cm³/mol. The van der Waals surface area contributed by atoms with E-state index in [1.54, 1.807) is 6.08 Å². The fraction of sp³-hybridized carbons (Fsp3) is 0.721. The van der Waals surface area contributed by atoms with Crippen LogP contribution in [0.1, 0.15) is 155 Å². The number of thioether (sulfide) groups is 1. The molecule has 0 aromatic carbocycles. The molecule has 0 aliphatic carbocycles. The topological polar surface area (TPSA) is 153 Å². The first-order chi connectivity index (χ1) is 25.3. The lowest BCUT2D eigenvalue weighted by atomic mass is 10.0. The zero-order valence-electron chi connectivity index (χ0n) is 32.7. The van der Waals surface area contributed by atoms with Crippen molar-refractivity contribution >= 4 is 23.6 Å². The summed E-state index contributed by atoms with van der Waals surface area (Å²) < 4.78 is 0. The molecule has 0 bridgehead atoms. The van der Waals surface area contributed by atoms with Gasteiger partial charge in [0.25, 0.3) is 0 Å². The second kappa shape index (κ2) is 37.2. The molecule has 52 heavy (non-hydrogen) atoms. The Bertz CT molecular complexity index is 998. The number of aliphatic carboxylic acids is 1. The summed E-state index contributed by atoms with van der Waals surface area (Å²) in [6, 6.07) is -1.81. The van der Waals surface area contributed by atoms with Crippen LogP contribution in [0.4, 0.5) is 0 Å². The second-order valence-corrected chi connectivity index (χ2v) is 15.1. The number of aliphatic hydroxyl groups is 3. The van der Waals surface area contributed by atoms with E-state index in [4.69, 9.17) is 10.8 Å². The van der Waals surface area contributed by atoms with E-state index in [1.165, 1.54) is 102 Å². The summed E-state index contributed by atoms with van der Waals surface area (Å²) >= 11 is 1.31. The molecule has 0 aromatic heterocycles. The number of carbonyl (C=O) groups is 2. The van der Waals surface area contributed by atoms with E-state index in [0.29, 0.717) is 12.8 Å². The SMILES string of the molecule is CCCCC/C=C\C\C=C/C=C/C=C/[C@@H](SC[C@H](N)C(=O)N[C@@H](CO)[C@H](O)/C=C/CCCCCCCCCCCCCCC)[C@@H](O)CCCC(=O)O. The Morgan fingerprint density at radius 3 is 1.87 bits per heavy atom. The number of allylic oxidation sites excluding steroid dienone is 8. The van der Waals surface area contributed by atoms with Crippen molar-refractivity contribution in [3.63, 3.8) is 0 Å². The van der Waals surface area contributed by atoms with Gasteiger partial charge in [-0.1, -0.05) is 164 Å². The normalized spacial score (nSPS) is 15.3. The summed E-state index contributed by atoms with van der Waals surface area (Å²) in [6.07, 6.45) is 41.5. The fourth-order valence-electron chi connectivity index (χ4n) is 5.65. The molecule has 0 rings (SSSR count). The van der Waals surface area contributed by atoms with Gasteiger partial charge in [0.05, 0.1) is 30.9 Å². The lowest BCUT2D eigenvalue weighted by Crippen LogP contribution is -2.52. The molecule has 0 fully saturated rings. The molecular formula is C43H76N2O6S. The Morgan fingerprint density at radius 1 is 0.692 bits per heavy atom. The van der Waals surface area contributed by atoms with Crippen LogP contribution < -0.4 is 11.1 Å². The van der Waals surface area contributed by atoms with Crippen LogP contribution >= 0.6 is 11.8 Å². The number of hydrogen-bond donors (Lipinski definition) is 6. The highest BCUT2D eigenvalue weighted by Crippen LogP contribution is 2.21. The minimum Gasteiger partial charge on any atom is -0.481 e. The van der Waals surface area contributed by atoms with Gasteiger partial charge in [-0.05, 0) is 44.9 Å². The van der Waals surface area contributed by atoms with E-state index in [9.17, 15) is 24.9 Å². The number of carboxylic acid groups (broad SMARTS) is 1. The van der Waals surface area contributed by atoms with Gasteiger partial charge in [-0.15, -0.1) is 11.8 Å². The Labute approximate surface area is 321 Å². The Kier molecular flexibility index (Phi) is 35.6. The summed E-state index contributed by atoms with van der Waals surface area (Å²) in [4.78, 5) is 23.8. The highest BCUT2D eigenvalue weighted by atomic mass is 32.2.